The van der Waals surface area contributed by atoms with E-state index in [2.05, 4.69) is 12.2 Å². The summed E-state index contributed by atoms with van der Waals surface area (Å²) in [6.45, 7) is 2.80. The molecule has 0 aliphatic rings. The molecule has 0 saturated carbocycles. The number of carbonyl (C=O) groups excluding carboxylic acids is 1. The number of carbonyl (C=O) groups is 1. The van der Waals surface area contributed by atoms with Gasteiger partial charge in [0.1, 0.15) is 5.82 Å². The highest BCUT2D eigenvalue weighted by Crippen LogP contribution is 2.11. The molecule has 1 amide bonds. The van der Waals surface area contributed by atoms with Gasteiger partial charge in [0.2, 0.25) is 0 Å². The van der Waals surface area contributed by atoms with E-state index in [4.69, 9.17) is 0 Å². The van der Waals surface area contributed by atoms with E-state index >= 15 is 0 Å². The molecule has 0 atom stereocenters. The van der Waals surface area contributed by atoms with Crippen LogP contribution in [0.25, 0.3) is 0 Å². The van der Waals surface area contributed by atoms with Gasteiger partial charge >= 0.3 is 0 Å². The number of benzene rings is 1. The predicted octanol–water partition coefficient (Wildman–Crippen LogP) is 3.74. The second-order valence-electron chi connectivity index (χ2n) is 3.97. The molecule has 0 aliphatic heterocycles. The van der Waals surface area contributed by atoms with Gasteiger partial charge in [-0.3, -0.25) is 4.79 Å². The molecule has 2 nitrogen and oxygen atoms in total. The maximum atomic E-state index is 13.1. The van der Waals surface area contributed by atoms with Crippen LogP contribution in [0.5, 0.6) is 0 Å². The van der Waals surface area contributed by atoms with Gasteiger partial charge in [-0.15, -0.1) is 0 Å². The van der Waals surface area contributed by atoms with Crippen LogP contribution in [0.2, 0.25) is 0 Å². The molecule has 0 saturated heterocycles. The molecular formula is C13H17FINO. The molecule has 0 radical (unpaired) electrons. The molecule has 94 valence electrons. The van der Waals surface area contributed by atoms with E-state index < -0.39 is 0 Å². The van der Waals surface area contributed by atoms with Crippen LogP contribution in [0.1, 0.15) is 43.0 Å². The van der Waals surface area contributed by atoms with Crippen molar-refractivity contribution in [1.29, 1.82) is 0 Å². The molecule has 0 fully saturated rings. The van der Waals surface area contributed by atoms with Crippen LogP contribution in [-0.4, -0.2) is 12.5 Å². The molecular weight excluding hydrogens is 332 g/mol. The highest BCUT2D eigenvalue weighted by Gasteiger charge is 2.07. The zero-order valence-corrected chi connectivity index (χ0v) is 12.1. The maximum absolute atomic E-state index is 13.1. The van der Waals surface area contributed by atoms with Crippen molar-refractivity contribution in [3.63, 3.8) is 0 Å². The van der Waals surface area contributed by atoms with E-state index in [1.54, 1.807) is 6.07 Å². The monoisotopic (exact) mass is 349 g/mol. The largest absolute Gasteiger partial charge is 0.352 e. The molecule has 0 aliphatic carbocycles. The van der Waals surface area contributed by atoms with Crippen LogP contribution in [0.3, 0.4) is 0 Å². The zero-order valence-electron chi connectivity index (χ0n) is 9.93. The SMILES string of the molecule is CCCCCCNC(=O)c1cc(F)cc(I)c1. The summed E-state index contributed by atoms with van der Waals surface area (Å²) in [5.74, 6) is -0.563. The van der Waals surface area contributed by atoms with E-state index in [0.29, 0.717) is 12.1 Å². The van der Waals surface area contributed by atoms with Crippen molar-refractivity contribution in [1.82, 2.24) is 5.32 Å². The Morgan fingerprint density at radius 3 is 2.71 bits per heavy atom. The molecule has 1 rings (SSSR count). The van der Waals surface area contributed by atoms with Crippen LogP contribution in [-0.2, 0) is 0 Å². The highest BCUT2D eigenvalue weighted by molar-refractivity contribution is 14.1. The van der Waals surface area contributed by atoms with Crippen molar-refractivity contribution in [3.8, 4) is 0 Å². The summed E-state index contributed by atoms with van der Waals surface area (Å²) in [5, 5.41) is 2.80. The minimum Gasteiger partial charge on any atom is -0.352 e. The Kier molecular flexibility index (Phi) is 6.47. The Labute approximate surface area is 115 Å². The smallest absolute Gasteiger partial charge is 0.251 e. The standard InChI is InChI=1S/C13H17FINO/c1-2-3-4-5-6-16-13(17)10-7-11(14)9-12(15)8-10/h7-9H,2-6H2,1H3,(H,16,17). The molecule has 17 heavy (non-hydrogen) atoms. The zero-order chi connectivity index (χ0) is 12.7. The number of halogens is 2. The summed E-state index contributed by atoms with van der Waals surface area (Å²) in [5.41, 5.74) is 0.393. The molecule has 4 heteroatoms. The molecule has 1 aromatic rings. The Morgan fingerprint density at radius 2 is 2.06 bits per heavy atom. The van der Waals surface area contributed by atoms with Crippen molar-refractivity contribution < 1.29 is 9.18 Å². The van der Waals surface area contributed by atoms with Crippen molar-refractivity contribution >= 4 is 28.5 Å². The third kappa shape index (κ3) is 5.48. The average molecular weight is 349 g/mol. The van der Waals surface area contributed by atoms with Gasteiger partial charge in [-0.25, -0.2) is 4.39 Å². The molecule has 0 unspecified atom stereocenters. The van der Waals surface area contributed by atoms with E-state index in [9.17, 15) is 9.18 Å². The van der Waals surface area contributed by atoms with E-state index in [-0.39, 0.29) is 11.7 Å². The summed E-state index contributed by atoms with van der Waals surface area (Å²) in [6, 6.07) is 4.35. The minimum absolute atomic E-state index is 0.195. The van der Waals surface area contributed by atoms with Gasteiger partial charge in [0, 0.05) is 15.7 Å². The van der Waals surface area contributed by atoms with Gasteiger partial charge in [-0.05, 0) is 47.2 Å². The fourth-order valence-corrected chi connectivity index (χ4v) is 2.17. The third-order valence-electron chi connectivity index (χ3n) is 2.44. The van der Waals surface area contributed by atoms with Gasteiger partial charge < -0.3 is 5.32 Å². The molecule has 0 heterocycles. The third-order valence-corrected chi connectivity index (χ3v) is 3.06. The van der Waals surface area contributed by atoms with Crippen LogP contribution < -0.4 is 5.32 Å². The Balaban J connectivity index is 2.41. The summed E-state index contributed by atoms with van der Waals surface area (Å²) in [6.07, 6.45) is 4.47. The number of unbranched alkanes of at least 4 members (excludes halogenated alkanes) is 3. The summed E-state index contributed by atoms with van der Waals surface area (Å²) < 4.78 is 13.8. The predicted molar refractivity (Wildman–Crippen MR) is 75.6 cm³/mol. The number of hydrogen-bond donors (Lipinski definition) is 1. The van der Waals surface area contributed by atoms with Gasteiger partial charge in [-0.2, -0.15) is 0 Å². The van der Waals surface area contributed by atoms with Crippen molar-refractivity contribution in [3.05, 3.63) is 33.1 Å². The quantitative estimate of drug-likeness (QED) is 0.615. The lowest BCUT2D eigenvalue weighted by Crippen LogP contribution is -2.24. The van der Waals surface area contributed by atoms with Crippen LogP contribution in [0, 0.1) is 9.39 Å². The highest BCUT2D eigenvalue weighted by atomic mass is 127. The van der Waals surface area contributed by atoms with Crippen LogP contribution in [0.4, 0.5) is 4.39 Å². The fraction of sp³-hybridized carbons (Fsp3) is 0.462. The maximum Gasteiger partial charge on any atom is 0.251 e. The molecule has 1 N–H and O–H groups in total. The van der Waals surface area contributed by atoms with Gasteiger partial charge in [-0.1, -0.05) is 26.2 Å². The number of hydrogen-bond acceptors (Lipinski definition) is 1. The van der Waals surface area contributed by atoms with Gasteiger partial charge in [0.05, 0.1) is 0 Å². The van der Waals surface area contributed by atoms with Gasteiger partial charge in [0.25, 0.3) is 5.91 Å². The Hall–Kier alpha value is -0.650. The first-order chi connectivity index (χ1) is 8.13. The number of nitrogens with one attached hydrogen (secondary N) is 1. The summed E-state index contributed by atoms with van der Waals surface area (Å²) >= 11 is 2.00. The lowest BCUT2D eigenvalue weighted by Gasteiger charge is -2.05. The van der Waals surface area contributed by atoms with Crippen molar-refractivity contribution in [2.24, 2.45) is 0 Å². The first kappa shape index (κ1) is 14.4. The Morgan fingerprint density at radius 1 is 1.29 bits per heavy atom. The first-order valence-corrected chi connectivity index (χ1v) is 6.95. The molecule has 1 aromatic carbocycles. The molecule has 0 bridgehead atoms. The second-order valence-corrected chi connectivity index (χ2v) is 5.22. The van der Waals surface area contributed by atoms with E-state index in [1.165, 1.54) is 25.0 Å². The fourth-order valence-electron chi connectivity index (χ4n) is 1.54. The minimum atomic E-state index is -0.368. The van der Waals surface area contributed by atoms with E-state index in [1.807, 2.05) is 22.6 Å². The van der Waals surface area contributed by atoms with Gasteiger partial charge in [0.15, 0.2) is 0 Å². The van der Waals surface area contributed by atoms with Crippen LogP contribution in [0.15, 0.2) is 18.2 Å². The lowest BCUT2D eigenvalue weighted by atomic mass is 10.2. The first-order valence-electron chi connectivity index (χ1n) is 5.87. The molecule has 0 aromatic heterocycles. The Bertz CT molecular complexity index is 361. The normalized spacial score (nSPS) is 10.3. The molecule has 0 spiro atoms. The lowest BCUT2D eigenvalue weighted by molar-refractivity contribution is 0.0952. The van der Waals surface area contributed by atoms with E-state index in [0.717, 1.165) is 16.4 Å². The summed E-state index contributed by atoms with van der Waals surface area (Å²) in [4.78, 5) is 11.7. The topological polar surface area (TPSA) is 29.1 Å². The average Bonchev–Trinajstić information content (AvgIpc) is 2.27. The van der Waals surface area contributed by atoms with Crippen molar-refractivity contribution in [2.45, 2.75) is 32.6 Å². The number of rotatable bonds is 6. The van der Waals surface area contributed by atoms with Crippen LogP contribution >= 0.6 is 22.6 Å². The number of amides is 1. The second kappa shape index (κ2) is 7.63. The summed E-state index contributed by atoms with van der Waals surface area (Å²) in [7, 11) is 0. The van der Waals surface area contributed by atoms with Crippen molar-refractivity contribution in [2.75, 3.05) is 6.54 Å².